The van der Waals surface area contributed by atoms with Crippen LogP contribution in [0.1, 0.15) is 50.7 Å². The van der Waals surface area contributed by atoms with Crippen LogP contribution < -0.4 is 4.90 Å². The molecule has 1 amide bonds. The first-order valence-corrected chi connectivity index (χ1v) is 8.36. The molecule has 1 fully saturated rings. The van der Waals surface area contributed by atoms with Crippen molar-refractivity contribution < 1.29 is 9.53 Å². The second kappa shape index (κ2) is 5.71. The number of imidazole rings is 1. The summed E-state index contributed by atoms with van der Waals surface area (Å²) in [6.45, 7) is 5.53. The average Bonchev–Trinajstić information content (AvgIpc) is 3.22. The third kappa shape index (κ3) is 3.44. The van der Waals surface area contributed by atoms with E-state index in [4.69, 9.17) is 16.3 Å². The second-order valence-corrected chi connectivity index (χ2v) is 7.34. The summed E-state index contributed by atoms with van der Waals surface area (Å²) in [5, 5.41) is 0. The first-order valence-electron chi connectivity index (χ1n) is 7.82. The van der Waals surface area contributed by atoms with Gasteiger partial charge in [0.15, 0.2) is 5.82 Å². The minimum atomic E-state index is -0.537. The van der Waals surface area contributed by atoms with E-state index in [1.165, 1.54) is 23.3 Å². The highest BCUT2D eigenvalue weighted by atomic mass is 35.5. The number of hydrogen-bond donors (Lipinski definition) is 0. The Labute approximate surface area is 141 Å². The number of halogens is 1. The van der Waals surface area contributed by atoms with Gasteiger partial charge in [-0.05, 0) is 51.2 Å². The molecule has 124 valence electrons. The average molecular weight is 336 g/mol. The number of fused-ring (bicyclic) bond motifs is 1. The molecule has 23 heavy (non-hydrogen) atoms. The van der Waals surface area contributed by atoms with E-state index >= 15 is 0 Å². The SMILES string of the molecule is CN(C(=O)OC(C)(C)C)c1cn2cc(C3CC3)cc(CCl)c2n1. The number of rotatable bonds is 3. The largest absolute Gasteiger partial charge is 0.443 e. The summed E-state index contributed by atoms with van der Waals surface area (Å²) >= 11 is 6.08. The first-order chi connectivity index (χ1) is 10.8. The molecule has 2 aromatic rings. The molecule has 0 radical (unpaired) electrons. The number of carbonyl (C=O) groups excluding carboxylic acids is 1. The van der Waals surface area contributed by atoms with Crippen LogP contribution in [0.5, 0.6) is 0 Å². The summed E-state index contributed by atoms with van der Waals surface area (Å²) in [7, 11) is 1.66. The zero-order valence-corrected chi connectivity index (χ0v) is 14.7. The molecule has 0 aliphatic heterocycles. The molecule has 0 atom stereocenters. The highest BCUT2D eigenvalue weighted by Crippen LogP contribution is 2.40. The van der Waals surface area contributed by atoms with E-state index in [9.17, 15) is 4.79 Å². The molecule has 3 rings (SSSR count). The van der Waals surface area contributed by atoms with Crippen molar-refractivity contribution in [2.24, 2.45) is 0 Å². The van der Waals surface area contributed by atoms with Crippen LogP contribution in [-0.2, 0) is 10.6 Å². The highest BCUT2D eigenvalue weighted by Gasteiger charge is 2.26. The van der Waals surface area contributed by atoms with Crippen LogP contribution in [0.25, 0.3) is 5.65 Å². The van der Waals surface area contributed by atoms with Gasteiger partial charge in [0, 0.05) is 18.8 Å². The highest BCUT2D eigenvalue weighted by molar-refractivity contribution is 6.17. The lowest BCUT2D eigenvalue weighted by Crippen LogP contribution is -2.34. The normalized spacial score (nSPS) is 15.0. The predicted octanol–water partition coefficient (Wildman–Crippen LogP) is 4.32. The van der Waals surface area contributed by atoms with Crippen LogP contribution in [0.2, 0.25) is 0 Å². The molecule has 0 spiro atoms. The Balaban J connectivity index is 1.94. The molecule has 5 nitrogen and oxygen atoms in total. The maximum Gasteiger partial charge on any atom is 0.415 e. The number of anilines is 1. The van der Waals surface area contributed by atoms with Crippen LogP contribution in [-0.4, -0.2) is 28.1 Å². The van der Waals surface area contributed by atoms with Crippen molar-refractivity contribution in [2.45, 2.75) is 51.0 Å². The van der Waals surface area contributed by atoms with Crippen LogP contribution in [0, 0.1) is 0 Å². The minimum Gasteiger partial charge on any atom is -0.443 e. The standard InChI is InChI=1S/C17H22ClN3O2/c1-17(2,3)23-16(22)20(4)14-10-21-9-13(11-5-6-11)7-12(8-18)15(21)19-14/h7,9-11H,5-6,8H2,1-4H3. The summed E-state index contributed by atoms with van der Waals surface area (Å²) < 4.78 is 7.35. The number of hydrogen-bond acceptors (Lipinski definition) is 3. The van der Waals surface area contributed by atoms with Gasteiger partial charge in [-0.25, -0.2) is 9.78 Å². The third-order valence-corrected chi connectivity index (χ3v) is 4.13. The lowest BCUT2D eigenvalue weighted by atomic mass is 10.1. The van der Waals surface area contributed by atoms with Gasteiger partial charge >= 0.3 is 6.09 Å². The van der Waals surface area contributed by atoms with E-state index in [-0.39, 0.29) is 0 Å². The van der Waals surface area contributed by atoms with Crippen LogP contribution in [0.15, 0.2) is 18.5 Å². The number of amides is 1. The zero-order valence-electron chi connectivity index (χ0n) is 14.0. The predicted molar refractivity (Wildman–Crippen MR) is 91.4 cm³/mol. The topological polar surface area (TPSA) is 46.8 Å². The Morgan fingerprint density at radius 1 is 1.43 bits per heavy atom. The van der Waals surface area contributed by atoms with E-state index in [1.807, 2.05) is 31.4 Å². The van der Waals surface area contributed by atoms with Crippen molar-refractivity contribution in [3.8, 4) is 0 Å². The van der Waals surface area contributed by atoms with E-state index in [0.717, 1.165) is 11.2 Å². The van der Waals surface area contributed by atoms with Gasteiger partial charge in [-0.15, -0.1) is 11.6 Å². The molecule has 0 aromatic carbocycles. The third-order valence-electron chi connectivity index (χ3n) is 3.84. The molecular weight excluding hydrogens is 314 g/mol. The molecule has 0 saturated heterocycles. The van der Waals surface area contributed by atoms with Crippen molar-refractivity contribution in [1.29, 1.82) is 0 Å². The van der Waals surface area contributed by atoms with Crippen LogP contribution in [0.4, 0.5) is 10.6 Å². The molecule has 0 bridgehead atoms. The van der Waals surface area contributed by atoms with Crippen LogP contribution in [0.3, 0.4) is 0 Å². The van der Waals surface area contributed by atoms with E-state index in [1.54, 1.807) is 7.05 Å². The lowest BCUT2D eigenvalue weighted by Gasteiger charge is -2.23. The fraction of sp³-hybridized carbons (Fsp3) is 0.529. The summed E-state index contributed by atoms with van der Waals surface area (Å²) in [5.74, 6) is 1.59. The van der Waals surface area contributed by atoms with Gasteiger partial charge in [0.2, 0.25) is 0 Å². The fourth-order valence-corrected chi connectivity index (χ4v) is 2.70. The van der Waals surface area contributed by atoms with E-state index < -0.39 is 11.7 Å². The monoisotopic (exact) mass is 335 g/mol. The zero-order chi connectivity index (χ0) is 16.8. The maximum absolute atomic E-state index is 12.2. The fourth-order valence-electron chi connectivity index (χ4n) is 2.50. The van der Waals surface area contributed by atoms with Gasteiger partial charge in [0.05, 0.1) is 12.1 Å². The van der Waals surface area contributed by atoms with Gasteiger partial charge in [0.25, 0.3) is 0 Å². The molecule has 0 unspecified atom stereocenters. The Hall–Kier alpha value is -1.75. The Bertz CT molecular complexity index is 744. The number of pyridine rings is 1. The van der Waals surface area contributed by atoms with Crippen molar-refractivity contribution in [2.75, 3.05) is 11.9 Å². The Kier molecular flexibility index (Phi) is 4.00. The molecule has 1 aliphatic rings. The number of aromatic nitrogens is 2. The second-order valence-electron chi connectivity index (χ2n) is 7.08. The maximum atomic E-state index is 12.2. The van der Waals surface area contributed by atoms with Gasteiger partial charge in [0.1, 0.15) is 11.2 Å². The van der Waals surface area contributed by atoms with Crippen molar-refractivity contribution in [3.05, 3.63) is 29.6 Å². The van der Waals surface area contributed by atoms with E-state index in [2.05, 4.69) is 17.2 Å². The van der Waals surface area contributed by atoms with Crippen molar-refractivity contribution >= 4 is 29.2 Å². The lowest BCUT2D eigenvalue weighted by molar-refractivity contribution is 0.0588. The van der Waals surface area contributed by atoms with Gasteiger partial charge in [-0.2, -0.15) is 0 Å². The molecule has 2 aromatic heterocycles. The summed E-state index contributed by atoms with van der Waals surface area (Å²) in [4.78, 5) is 18.2. The summed E-state index contributed by atoms with van der Waals surface area (Å²) in [6.07, 6.45) is 5.97. The summed E-state index contributed by atoms with van der Waals surface area (Å²) in [6, 6.07) is 2.13. The van der Waals surface area contributed by atoms with Gasteiger partial charge in [-0.3, -0.25) is 4.90 Å². The quantitative estimate of drug-likeness (QED) is 0.785. The number of nitrogens with zero attached hydrogens (tertiary/aromatic N) is 3. The van der Waals surface area contributed by atoms with E-state index in [0.29, 0.717) is 17.6 Å². The van der Waals surface area contributed by atoms with Crippen molar-refractivity contribution in [1.82, 2.24) is 9.38 Å². The Morgan fingerprint density at radius 2 is 2.13 bits per heavy atom. The number of ether oxygens (including phenoxy) is 1. The molecule has 1 saturated carbocycles. The van der Waals surface area contributed by atoms with Gasteiger partial charge in [-0.1, -0.05) is 0 Å². The molecule has 0 N–H and O–H groups in total. The Morgan fingerprint density at radius 3 is 2.70 bits per heavy atom. The summed E-state index contributed by atoms with van der Waals surface area (Å²) in [5.41, 5.74) is 2.53. The smallest absolute Gasteiger partial charge is 0.415 e. The van der Waals surface area contributed by atoms with Crippen LogP contribution >= 0.6 is 11.6 Å². The molecular formula is C17H22ClN3O2. The minimum absolute atomic E-state index is 0.399. The number of carbonyl (C=O) groups is 1. The molecule has 1 aliphatic carbocycles. The van der Waals surface area contributed by atoms with Crippen molar-refractivity contribution in [3.63, 3.8) is 0 Å². The number of alkyl halides is 1. The van der Waals surface area contributed by atoms with Gasteiger partial charge < -0.3 is 9.14 Å². The molecule has 6 heteroatoms. The molecule has 2 heterocycles. The first kappa shape index (κ1) is 16.1.